The van der Waals surface area contributed by atoms with Crippen molar-refractivity contribution in [1.82, 2.24) is 0 Å². The molecule has 0 aromatic carbocycles. The highest BCUT2D eigenvalue weighted by atomic mass is 16.3. The molecule has 3 rings (SSSR count). The van der Waals surface area contributed by atoms with Crippen molar-refractivity contribution in [2.45, 2.75) is 19.8 Å². The SMILES string of the molecule is CC(C)c1cccc2c3occc3cc-2c1. The molecule has 0 aliphatic heterocycles. The fraction of sp³-hybridized carbons (Fsp3) is 0.200. The molecule has 0 bridgehead atoms. The summed E-state index contributed by atoms with van der Waals surface area (Å²) in [4.78, 5) is 0. The molecule has 0 N–H and O–H groups in total. The Labute approximate surface area is 95.0 Å². The summed E-state index contributed by atoms with van der Waals surface area (Å²) in [5.41, 5.74) is 4.83. The van der Waals surface area contributed by atoms with Gasteiger partial charge in [0.25, 0.3) is 0 Å². The van der Waals surface area contributed by atoms with Crippen molar-refractivity contribution in [3.05, 3.63) is 48.2 Å². The average molecular weight is 210 g/mol. The van der Waals surface area contributed by atoms with Crippen LogP contribution >= 0.6 is 0 Å². The smallest absolute Gasteiger partial charge is 0.141 e. The van der Waals surface area contributed by atoms with E-state index in [0.29, 0.717) is 5.92 Å². The predicted octanol–water partition coefficient (Wildman–Crippen LogP) is 4.66. The van der Waals surface area contributed by atoms with Gasteiger partial charge in [-0.25, -0.2) is 0 Å². The lowest BCUT2D eigenvalue weighted by atomic mass is 10.0. The lowest BCUT2D eigenvalue weighted by Gasteiger charge is -2.01. The molecule has 0 spiro atoms. The van der Waals surface area contributed by atoms with Crippen molar-refractivity contribution in [2.24, 2.45) is 0 Å². The summed E-state index contributed by atoms with van der Waals surface area (Å²) >= 11 is 0. The van der Waals surface area contributed by atoms with Gasteiger partial charge in [0.15, 0.2) is 0 Å². The van der Waals surface area contributed by atoms with Crippen LogP contribution in [0.25, 0.3) is 22.1 Å². The van der Waals surface area contributed by atoms with E-state index in [-0.39, 0.29) is 0 Å². The van der Waals surface area contributed by atoms with Gasteiger partial charge in [0, 0.05) is 10.9 Å². The summed E-state index contributed by atoms with van der Waals surface area (Å²) in [6.07, 6.45) is 1.75. The van der Waals surface area contributed by atoms with E-state index < -0.39 is 0 Å². The van der Waals surface area contributed by atoms with Gasteiger partial charge in [0.2, 0.25) is 0 Å². The maximum Gasteiger partial charge on any atom is 0.141 e. The largest absolute Gasteiger partial charge is 0.464 e. The van der Waals surface area contributed by atoms with Crippen LogP contribution in [0.3, 0.4) is 0 Å². The Bertz CT molecular complexity index is 604. The highest BCUT2D eigenvalue weighted by Gasteiger charge is 2.12. The Hall–Kier alpha value is -1.76. The standard InChI is InChI=1S/C15H14O/c1-10(2)11-4-3-5-14-13(8-11)9-12-6-7-16-15(12)14/h3-10H,1-2H3. The second-order valence-electron chi connectivity index (χ2n) is 4.54. The second-order valence-corrected chi connectivity index (χ2v) is 4.54. The maximum atomic E-state index is 5.51. The maximum absolute atomic E-state index is 5.51. The van der Waals surface area contributed by atoms with E-state index in [1.165, 1.54) is 22.1 Å². The van der Waals surface area contributed by atoms with E-state index in [9.17, 15) is 0 Å². The summed E-state index contributed by atoms with van der Waals surface area (Å²) in [6, 6.07) is 12.9. The van der Waals surface area contributed by atoms with Crippen LogP contribution in [-0.2, 0) is 0 Å². The molecule has 1 aromatic heterocycles. The van der Waals surface area contributed by atoms with Gasteiger partial charge in [-0.3, -0.25) is 0 Å². The molecular formula is C15H14O. The molecule has 0 saturated carbocycles. The Kier molecular flexibility index (Phi) is 2.00. The predicted molar refractivity (Wildman–Crippen MR) is 66.9 cm³/mol. The van der Waals surface area contributed by atoms with Crippen LogP contribution in [0, 0.1) is 0 Å². The molecule has 2 aliphatic carbocycles. The van der Waals surface area contributed by atoms with Crippen LogP contribution < -0.4 is 0 Å². The minimum atomic E-state index is 0.553. The molecule has 80 valence electrons. The van der Waals surface area contributed by atoms with Crippen LogP contribution in [0.15, 0.2) is 47.1 Å². The van der Waals surface area contributed by atoms with Crippen LogP contribution in [0.5, 0.6) is 0 Å². The zero-order valence-corrected chi connectivity index (χ0v) is 9.53. The minimum Gasteiger partial charge on any atom is -0.464 e. The van der Waals surface area contributed by atoms with E-state index in [4.69, 9.17) is 4.42 Å². The molecule has 0 atom stereocenters. The van der Waals surface area contributed by atoms with Gasteiger partial charge in [-0.05, 0) is 29.2 Å². The van der Waals surface area contributed by atoms with Crippen molar-refractivity contribution in [3.63, 3.8) is 0 Å². The number of furan rings is 1. The van der Waals surface area contributed by atoms with E-state index in [1.807, 2.05) is 6.07 Å². The first-order chi connectivity index (χ1) is 7.75. The Morgan fingerprint density at radius 3 is 2.75 bits per heavy atom. The van der Waals surface area contributed by atoms with Gasteiger partial charge in [-0.1, -0.05) is 38.1 Å². The summed E-state index contributed by atoms with van der Waals surface area (Å²) in [6.45, 7) is 4.43. The van der Waals surface area contributed by atoms with E-state index >= 15 is 0 Å². The Morgan fingerprint density at radius 2 is 1.94 bits per heavy atom. The van der Waals surface area contributed by atoms with Crippen LogP contribution in [0.1, 0.15) is 25.3 Å². The molecule has 0 unspecified atom stereocenters. The highest BCUT2D eigenvalue weighted by molar-refractivity contribution is 5.98. The van der Waals surface area contributed by atoms with Crippen molar-refractivity contribution in [1.29, 1.82) is 0 Å². The second kappa shape index (κ2) is 3.38. The number of rotatable bonds is 1. The molecule has 1 heterocycles. The molecule has 0 radical (unpaired) electrons. The van der Waals surface area contributed by atoms with Gasteiger partial charge in [-0.2, -0.15) is 0 Å². The van der Waals surface area contributed by atoms with E-state index in [2.05, 4.69) is 44.2 Å². The monoisotopic (exact) mass is 210 g/mol. The molecule has 1 aromatic rings. The number of hydrogen-bond donors (Lipinski definition) is 0. The number of fused-ring (bicyclic) bond motifs is 3. The Balaban J connectivity index is 2.33. The molecule has 0 fully saturated rings. The van der Waals surface area contributed by atoms with Gasteiger partial charge >= 0.3 is 0 Å². The molecule has 1 nitrogen and oxygen atoms in total. The third kappa shape index (κ3) is 1.32. The van der Waals surface area contributed by atoms with Crippen molar-refractivity contribution >= 4 is 11.0 Å². The summed E-state index contributed by atoms with van der Waals surface area (Å²) in [5, 5.41) is 1.19. The molecule has 2 aliphatic rings. The highest BCUT2D eigenvalue weighted by Crippen LogP contribution is 2.35. The van der Waals surface area contributed by atoms with Gasteiger partial charge in [0.1, 0.15) is 5.58 Å². The van der Waals surface area contributed by atoms with Gasteiger partial charge < -0.3 is 4.42 Å². The zero-order valence-electron chi connectivity index (χ0n) is 9.53. The van der Waals surface area contributed by atoms with Crippen LogP contribution in [0.4, 0.5) is 0 Å². The zero-order chi connectivity index (χ0) is 11.1. The van der Waals surface area contributed by atoms with Crippen molar-refractivity contribution in [3.8, 4) is 11.1 Å². The van der Waals surface area contributed by atoms with Gasteiger partial charge in [0.05, 0.1) is 6.26 Å². The molecular weight excluding hydrogens is 196 g/mol. The van der Waals surface area contributed by atoms with Gasteiger partial charge in [-0.15, -0.1) is 0 Å². The minimum absolute atomic E-state index is 0.553. The normalized spacial score (nSPS) is 11.7. The van der Waals surface area contributed by atoms with Crippen LogP contribution in [0.2, 0.25) is 0 Å². The fourth-order valence-electron chi connectivity index (χ4n) is 2.16. The first-order valence-electron chi connectivity index (χ1n) is 5.65. The third-order valence-corrected chi connectivity index (χ3v) is 3.10. The third-order valence-electron chi connectivity index (χ3n) is 3.10. The van der Waals surface area contributed by atoms with E-state index in [0.717, 1.165) is 5.58 Å². The van der Waals surface area contributed by atoms with Crippen molar-refractivity contribution in [2.75, 3.05) is 0 Å². The first-order valence-corrected chi connectivity index (χ1v) is 5.65. The lowest BCUT2D eigenvalue weighted by Crippen LogP contribution is -1.82. The summed E-state index contributed by atoms with van der Waals surface area (Å²) < 4.78 is 5.51. The summed E-state index contributed by atoms with van der Waals surface area (Å²) in [5.74, 6) is 0.553. The summed E-state index contributed by atoms with van der Waals surface area (Å²) in [7, 11) is 0. The topological polar surface area (TPSA) is 13.1 Å². The molecule has 0 saturated heterocycles. The molecule has 0 amide bonds. The van der Waals surface area contributed by atoms with Crippen LogP contribution in [-0.4, -0.2) is 0 Å². The molecule has 16 heavy (non-hydrogen) atoms. The average Bonchev–Trinajstić information content (AvgIpc) is 2.73. The quantitative estimate of drug-likeness (QED) is 0.569. The Morgan fingerprint density at radius 1 is 1.06 bits per heavy atom. The lowest BCUT2D eigenvalue weighted by molar-refractivity contribution is 0.617. The van der Waals surface area contributed by atoms with Crippen molar-refractivity contribution < 1.29 is 4.42 Å². The number of hydrogen-bond acceptors (Lipinski definition) is 1. The first kappa shape index (κ1) is 9.46. The fourth-order valence-corrected chi connectivity index (χ4v) is 2.16. The molecule has 1 heteroatoms. The van der Waals surface area contributed by atoms with E-state index in [1.54, 1.807) is 6.26 Å².